The third-order valence-corrected chi connectivity index (χ3v) is 15.0. The van der Waals surface area contributed by atoms with Crippen molar-refractivity contribution in [2.24, 2.45) is 23.2 Å². The fourth-order valence-electron chi connectivity index (χ4n) is 6.70. The number of aliphatic hydroxyl groups is 1. The van der Waals surface area contributed by atoms with Gasteiger partial charge in [-0.1, -0.05) is 83.5 Å². The molecule has 2 fully saturated rings. The zero-order valence-corrected chi connectivity index (χ0v) is 27.9. The van der Waals surface area contributed by atoms with Crippen molar-refractivity contribution in [3.63, 3.8) is 0 Å². The highest BCUT2D eigenvalue weighted by atomic mass is 28.4. The van der Waals surface area contributed by atoms with Crippen LogP contribution in [0.25, 0.3) is 0 Å². The molecule has 7 heteroatoms. The maximum atomic E-state index is 11.5. The van der Waals surface area contributed by atoms with E-state index in [9.17, 15) is 5.11 Å². The molecule has 6 nitrogen and oxygen atoms in total. The Kier molecular flexibility index (Phi) is 9.99. The maximum Gasteiger partial charge on any atom is 0.191 e. The van der Waals surface area contributed by atoms with Gasteiger partial charge in [0.25, 0.3) is 0 Å². The van der Waals surface area contributed by atoms with Crippen LogP contribution in [0.4, 0.5) is 0 Å². The number of hydrogen-bond donors (Lipinski definition) is 1. The minimum Gasteiger partial charge on any atom is -0.510 e. The summed E-state index contributed by atoms with van der Waals surface area (Å²) in [6, 6.07) is 10.4. The van der Waals surface area contributed by atoms with Crippen LogP contribution in [0.2, 0.25) is 18.1 Å². The number of methoxy groups -OCH3 is 1. The summed E-state index contributed by atoms with van der Waals surface area (Å²) in [6.45, 7) is 20.0. The summed E-state index contributed by atoms with van der Waals surface area (Å²) in [6.07, 6.45) is 6.69. The van der Waals surface area contributed by atoms with Gasteiger partial charge in [0.05, 0.1) is 19.3 Å². The topological polar surface area (TPSA) is 66.4 Å². The van der Waals surface area contributed by atoms with E-state index in [-0.39, 0.29) is 41.1 Å². The van der Waals surface area contributed by atoms with Gasteiger partial charge in [0, 0.05) is 25.6 Å². The van der Waals surface area contributed by atoms with Gasteiger partial charge in [0.1, 0.15) is 24.3 Å². The minimum atomic E-state index is -1.89. The van der Waals surface area contributed by atoms with Crippen molar-refractivity contribution in [2.45, 2.75) is 103 Å². The molecule has 0 spiro atoms. The number of ether oxygens (including phenoxy) is 4. The Morgan fingerprint density at radius 2 is 1.80 bits per heavy atom. The zero-order chi connectivity index (χ0) is 30.1. The number of rotatable bonds is 11. The molecule has 0 aromatic heterocycles. The number of aliphatic hydroxyl groups excluding tert-OH is 1. The maximum absolute atomic E-state index is 11.5. The number of benzene rings is 1. The first-order valence-corrected chi connectivity index (χ1v) is 18.3. The molecule has 1 aliphatic heterocycles. The van der Waals surface area contributed by atoms with Crippen LogP contribution in [0.5, 0.6) is 0 Å². The second-order valence-corrected chi connectivity index (χ2v) is 19.3. The monoisotopic (exact) mass is 586 g/mol. The normalized spacial score (nSPS) is 34.4. The van der Waals surface area contributed by atoms with E-state index in [0.717, 1.165) is 24.8 Å². The van der Waals surface area contributed by atoms with Crippen molar-refractivity contribution in [1.82, 2.24) is 0 Å². The highest BCUT2D eigenvalue weighted by Crippen LogP contribution is 2.54. The Labute approximate surface area is 249 Å². The number of fused-ring (bicyclic) bond motifs is 2. The molecule has 2 bridgehead atoms. The lowest BCUT2D eigenvalue weighted by Gasteiger charge is -2.54. The van der Waals surface area contributed by atoms with Crippen molar-refractivity contribution >= 4 is 8.32 Å². The van der Waals surface area contributed by atoms with E-state index >= 15 is 0 Å². The van der Waals surface area contributed by atoms with Crippen LogP contribution in [-0.2, 0) is 30.0 Å². The largest absolute Gasteiger partial charge is 0.510 e. The van der Waals surface area contributed by atoms with E-state index in [1.807, 2.05) is 12.1 Å². The zero-order valence-electron chi connectivity index (χ0n) is 26.9. The summed E-state index contributed by atoms with van der Waals surface area (Å²) in [5, 5.41) is 11.6. The van der Waals surface area contributed by atoms with Gasteiger partial charge in [0.2, 0.25) is 0 Å². The molecule has 1 aromatic carbocycles. The van der Waals surface area contributed by atoms with Crippen molar-refractivity contribution in [1.29, 1.82) is 0 Å². The molecule has 0 unspecified atom stereocenters. The highest BCUT2D eigenvalue weighted by molar-refractivity contribution is 6.74. The Morgan fingerprint density at radius 3 is 2.41 bits per heavy atom. The second-order valence-electron chi connectivity index (χ2n) is 14.5. The third kappa shape index (κ3) is 6.71. The molecule has 4 rings (SSSR count). The van der Waals surface area contributed by atoms with E-state index in [1.54, 1.807) is 7.11 Å². The minimum absolute atomic E-state index is 0.00905. The molecule has 0 amide bonds. The number of hydrogen-bond acceptors (Lipinski definition) is 6. The van der Waals surface area contributed by atoms with E-state index in [0.29, 0.717) is 25.6 Å². The average molecular weight is 587 g/mol. The van der Waals surface area contributed by atoms with Crippen LogP contribution in [-0.4, -0.2) is 58.3 Å². The Balaban J connectivity index is 1.68. The number of allylic oxidation sites excluding steroid dienone is 2. The van der Waals surface area contributed by atoms with E-state index in [1.165, 1.54) is 5.57 Å². The van der Waals surface area contributed by atoms with Crippen LogP contribution in [0.1, 0.15) is 66.4 Å². The van der Waals surface area contributed by atoms with Crippen LogP contribution < -0.4 is 0 Å². The lowest BCUT2D eigenvalue weighted by Crippen LogP contribution is -2.65. The predicted octanol–water partition coefficient (Wildman–Crippen LogP) is 7.81. The van der Waals surface area contributed by atoms with Crippen LogP contribution in [0.3, 0.4) is 0 Å². The molecule has 3 aliphatic rings. The van der Waals surface area contributed by atoms with Gasteiger partial charge >= 0.3 is 0 Å². The van der Waals surface area contributed by atoms with E-state index < -0.39 is 20.0 Å². The van der Waals surface area contributed by atoms with Gasteiger partial charge in [0.15, 0.2) is 8.32 Å². The van der Waals surface area contributed by atoms with Gasteiger partial charge in [-0.2, -0.15) is 0 Å². The highest BCUT2D eigenvalue weighted by Gasteiger charge is 2.57. The second kappa shape index (κ2) is 12.6. The third-order valence-electron chi connectivity index (χ3n) is 10.5. The first-order chi connectivity index (χ1) is 19.2. The predicted molar refractivity (Wildman–Crippen MR) is 166 cm³/mol. The first-order valence-electron chi connectivity index (χ1n) is 15.4. The smallest absolute Gasteiger partial charge is 0.191 e. The first kappa shape index (κ1) is 32.4. The molecule has 1 aromatic rings. The van der Waals surface area contributed by atoms with Gasteiger partial charge in [-0.3, -0.25) is 0 Å². The summed E-state index contributed by atoms with van der Waals surface area (Å²) in [4.78, 5) is 0. The lowest BCUT2D eigenvalue weighted by molar-refractivity contribution is -0.289. The van der Waals surface area contributed by atoms with Crippen molar-refractivity contribution in [3.8, 4) is 0 Å². The summed E-state index contributed by atoms with van der Waals surface area (Å²) < 4.78 is 31.3. The molecule has 6 atom stereocenters. The fourth-order valence-corrected chi connectivity index (χ4v) is 7.76. The van der Waals surface area contributed by atoms with Crippen LogP contribution >= 0.6 is 0 Å². The molecule has 41 heavy (non-hydrogen) atoms. The summed E-state index contributed by atoms with van der Waals surface area (Å²) in [7, 11) is -0.262. The molecule has 1 saturated carbocycles. The molecule has 1 heterocycles. The average Bonchev–Trinajstić information content (AvgIpc) is 3.19. The Hall–Kier alpha value is -1.48. The molecular weight excluding hydrogens is 532 g/mol. The summed E-state index contributed by atoms with van der Waals surface area (Å²) >= 11 is 0. The molecular formula is C34H54O6Si. The lowest BCUT2D eigenvalue weighted by atomic mass is 9.69. The SMILES string of the molecule is COCO[C@H]1/C(O)=C\[C@H](C)[C@@H]([C@]2(OCc3ccccc3)CO[C@@H]2CCO[Si](C)(C)C(C)(C)C)/C=C2\CC[C@H]1C2(C)C. The van der Waals surface area contributed by atoms with Crippen molar-refractivity contribution in [3.05, 3.63) is 59.4 Å². The van der Waals surface area contributed by atoms with Crippen molar-refractivity contribution < 1.29 is 28.5 Å². The van der Waals surface area contributed by atoms with E-state index in [2.05, 4.69) is 85.0 Å². The summed E-state index contributed by atoms with van der Waals surface area (Å²) in [5.74, 6) is 0.494. The standard InChI is InChI=1S/C34H54O6Si/c1-24-19-29(35)31(38-23-36-7)27-16-15-26(33(27,5)6)20-28(24)34(39-21-25-13-11-10-12-14-25)22-37-30(34)17-18-40-41(8,9)32(2,3)4/h10-14,19-20,24,27-28,30-31,35H,15-18,21-23H2,1-9H3/b26-20+,29-19+/t24-,27+,28-,30+,31+,34+/m0/s1. The Morgan fingerprint density at radius 1 is 1.10 bits per heavy atom. The van der Waals surface area contributed by atoms with Gasteiger partial charge in [-0.05, 0) is 60.4 Å². The molecule has 230 valence electrons. The Bertz CT molecular complexity index is 1070. The quantitative estimate of drug-likeness (QED) is 0.162. The summed E-state index contributed by atoms with van der Waals surface area (Å²) in [5.41, 5.74) is 1.90. The van der Waals surface area contributed by atoms with Crippen LogP contribution in [0.15, 0.2) is 53.8 Å². The van der Waals surface area contributed by atoms with Gasteiger partial charge < -0.3 is 28.5 Å². The van der Waals surface area contributed by atoms with Gasteiger partial charge in [-0.15, -0.1) is 0 Å². The molecule has 2 aliphatic carbocycles. The van der Waals surface area contributed by atoms with Gasteiger partial charge in [-0.25, -0.2) is 0 Å². The molecule has 0 radical (unpaired) electrons. The van der Waals surface area contributed by atoms with Crippen LogP contribution in [0, 0.1) is 23.2 Å². The van der Waals surface area contributed by atoms with E-state index in [4.69, 9.17) is 23.4 Å². The van der Waals surface area contributed by atoms with Crippen molar-refractivity contribution in [2.75, 3.05) is 27.1 Å². The fraction of sp³-hybridized carbons (Fsp3) is 0.706. The molecule has 1 saturated heterocycles. The molecule has 1 N–H and O–H groups in total.